The molecule has 104 valence electrons. The molecule has 2 heterocycles. The summed E-state index contributed by atoms with van der Waals surface area (Å²) in [6.45, 7) is 4.46. The van der Waals surface area contributed by atoms with Crippen molar-refractivity contribution < 1.29 is 5.11 Å². The molecule has 0 aromatic carbocycles. The number of thioether (sulfide) groups is 1. The van der Waals surface area contributed by atoms with Gasteiger partial charge in [0.15, 0.2) is 0 Å². The number of nitrogens with one attached hydrogen (secondary N) is 1. The summed E-state index contributed by atoms with van der Waals surface area (Å²) in [5, 5.41) is 15.2. The summed E-state index contributed by atoms with van der Waals surface area (Å²) >= 11 is 3.41. The van der Waals surface area contributed by atoms with Gasteiger partial charge in [-0.1, -0.05) is 0 Å². The fourth-order valence-corrected chi connectivity index (χ4v) is 3.56. The van der Waals surface area contributed by atoms with Crippen molar-refractivity contribution in [3.8, 4) is 0 Å². The Balaban J connectivity index is 2.08. The van der Waals surface area contributed by atoms with Crippen LogP contribution < -0.4 is 5.32 Å². The van der Waals surface area contributed by atoms with E-state index in [9.17, 15) is 5.11 Å². The minimum atomic E-state index is 0.199. The van der Waals surface area contributed by atoms with Gasteiger partial charge in [-0.25, -0.2) is 0 Å². The second-order valence-corrected chi connectivity index (χ2v) is 6.73. The minimum absolute atomic E-state index is 0.199. The largest absolute Gasteiger partial charge is 0.395 e. The average molecular weight is 296 g/mol. The third-order valence-electron chi connectivity index (χ3n) is 3.38. The van der Waals surface area contributed by atoms with Crippen molar-refractivity contribution in [2.45, 2.75) is 31.2 Å². The smallest absolute Gasteiger partial charge is 0.0809 e. The number of aliphatic hydroxyl groups is 1. The monoisotopic (exact) mass is 296 g/mol. The molecule has 0 aliphatic heterocycles. The zero-order chi connectivity index (χ0) is 13.8. The molecule has 0 saturated heterocycles. The van der Waals surface area contributed by atoms with Gasteiger partial charge in [-0.05, 0) is 43.2 Å². The van der Waals surface area contributed by atoms with Crippen LogP contribution in [0.25, 0.3) is 10.2 Å². The highest BCUT2D eigenvalue weighted by molar-refractivity contribution is 7.99. The Hall–Kier alpha value is -0.620. The highest BCUT2D eigenvalue weighted by Crippen LogP contribution is 2.23. The van der Waals surface area contributed by atoms with Crippen LogP contribution in [0.15, 0.2) is 23.7 Å². The lowest BCUT2D eigenvalue weighted by atomic mass is 10.1. The van der Waals surface area contributed by atoms with E-state index in [0.29, 0.717) is 0 Å². The highest BCUT2D eigenvalue weighted by Gasteiger charge is 2.18. The minimum Gasteiger partial charge on any atom is -0.395 e. The van der Waals surface area contributed by atoms with E-state index in [4.69, 9.17) is 0 Å². The van der Waals surface area contributed by atoms with Crippen molar-refractivity contribution in [3.63, 3.8) is 0 Å². The van der Waals surface area contributed by atoms with Gasteiger partial charge < -0.3 is 10.4 Å². The van der Waals surface area contributed by atoms with Gasteiger partial charge in [0.25, 0.3) is 0 Å². The van der Waals surface area contributed by atoms with Crippen LogP contribution in [0.5, 0.6) is 0 Å². The van der Waals surface area contributed by atoms with Crippen LogP contribution in [0.3, 0.4) is 0 Å². The number of hydrogen-bond donors (Lipinski definition) is 2. The molecule has 2 N–H and O–H groups in total. The summed E-state index contributed by atoms with van der Waals surface area (Å²) in [6.07, 6.45) is 3.97. The molecule has 3 nitrogen and oxygen atoms in total. The first kappa shape index (κ1) is 14.8. The van der Waals surface area contributed by atoms with Crippen molar-refractivity contribution in [1.82, 2.24) is 10.3 Å². The SMILES string of the molecule is CSC(CO)C(C)NC(C)c1cnc2ccsc2c1. The lowest BCUT2D eigenvalue weighted by molar-refractivity contribution is 0.272. The Morgan fingerprint density at radius 2 is 2.26 bits per heavy atom. The zero-order valence-corrected chi connectivity index (χ0v) is 13.1. The Kier molecular flexibility index (Phi) is 5.21. The van der Waals surface area contributed by atoms with Crippen LogP contribution in [0, 0.1) is 0 Å². The van der Waals surface area contributed by atoms with Gasteiger partial charge in [0.05, 0.1) is 16.8 Å². The van der Waals surface area contributed by atoms with Crippen LogP contribution in [0.1, 0.15) is 25.5 Å². The number of aromatic nitrogens is 1. The van der Waals surface area contributed by atoms with Gasteiger partial charge in [0, 0.05) is 23.5 Å². The molecule has 0 saturated carbocycles. The number of nitrogens with zero attached hydrogens (tertiary/aromatic N) is 1. The molecule has 19 heavy (non-hydrogen) atoms. The maximum Gasteiger partial charge on any atom is 0.0809 e. The molecule has 5 heteroatoms. The highest BCUT2D eigenvalue weighted by atomic mass is 32.2. The first-order valence-electron chi connectivity index (χ1n) is 6.38. The Morgan fingerprint density at radius 1 is 1.47 bits per heavy atom. The maximum atomic E-state index is 9.32. The van der Waals surface area contributed by atoms with E-state index in [1.807, 2.05) is 18.5 Å². The van der Waals surface area contributed by atoms with Gasteiger partial charge in [0.2, 0.25) is 0 Å². The van der Waals surface area contributed by atoms with Crippen LogP contribution in [0.2, 0.25) is 0 Å². The first-order chi connectivity index (χ1) is 9.15. The standard InChI is InChI=1S/C14H20N2OS2/c1-9(16-10(2)14(8-17)18-3)11-6-13-12(15-7-11)4-5-19-13/h4-7,9-10,14,16-17H,8H2,1-3H3. The normalized spacial score (nSPS) is 16.4. The lowest BCUT2D eigenvalue weighted by Gasteiger charge is -2.25. The zero-order valence-electron chi connectivity index (χ0n) is 11.5. The molecular weight excluding hydrogens is 276 g/mol. The number of aliphatic hydroxyl groups excluding tert-OH is 1. The molecule has 0 radical (unpaired) electrons. The van der Waals surface area contributed by atoms with E-state index < -0.39 is 0 Å². The second kappa shape index (κ2) is 6.70. The first-order valence-corrected chi connectivity index (χ1v) is 8.55. The molecule has 2 rings (SSSR count). The van der Waals surface area contributed by atoms with Crippen molar-refractivity contribution in [3.05, 3.63) is 29.3 Å². The maximum absolute atomic E-state index is 9.32. The number of hydrogen-bond acceptors (Lipinski definition) is 5. The van der Waals surface area contributed by atoms with E-state index in [1.54, 1.807) is 23.1 Å². The molecule has 0 amide bonds. The van der Waals surface area contributed by atoms with Crippen LogP contribution >= 0.6 is 23.1 Å². The number of fused-ring (bicyclic) bond motifs is 1. The lowest BCUT2D eigenvalue weighted by Crippen LogP contribution is -2.38. The third kappa shape index (κ3) is 3.48. The summed E-state index contributed by atoms with van der Waals surface area (Å²) in [6, 6.07) is 4.73. The van der Waals surface area contributed by atoms with Gasteiger partial charge >= 0.3 is 0 Å². The fraction of sp³-hybridized carbons (Fsp3) is 0.500. The molecule has 0 spiro atoms. The van der Waals surface area contributed by atoms with Gasteiger partial charge in [0.1, 0.15) is 0 Å². The van der Waals surface area contributed by atoms with Gasteiger partial charge in [-0.2, -0.15) is 11.8 Å². The van der Waals surface area contributed by atoms with Crippen molar-refractivity contribution in [2.24, 2.45) is 0 Å². The van der Waals surface area contributed by atoms with Gasteiger partial charge in [-0.15, -0.1) is 11.3 Å². The third-order valence-corrected chi connectivity index (χ3v) is 5.39. The molecule has 2 aromatic rings. The Labute approximate surface area is 122 Å². The van der Waals surface area contributed by atoms with E-state index >= 15 is 0 Å². The van der Waals surface area contributed by atoms with Crippen molar-refractivity contribution in [2.75, 3.05) is 12.9 Å². The summed E-state index contributed by atoms with van der Waals surface area (Å²) < 4.78 is 1.22. The predicted molar refractivity (Wildman–Crippen MR) is 85.0 cm³/mol. The van der Waals surface area contributed by atoms with Crippen LogP contribution in [-0.4, -0.2) is 34.2 Å². The predicted octanol–water partition coefficient (Wildman–Crippen LogP) is 3.06. The van der Waals surface area contributed by atoms with Crippen LogP contribution in [-0.2, 0) is 0 Å². The molecule has 0 bridgehead atoms. The molecule has 3 unspecified atom stereocenters. The Bertz CT molecular complexity index is 525. The van der Waals surface area contributed by atoms with Gasteiger partial charge in [-0.3, -0.25) is 4.98 Å². The van der Waals surface area contributed by atoms with E-state index in [0.717, 1.165) is 5.52 Å². The molecule has 0 aliphatic rings. The van der Waals surface area contributed by atoms with Crippen LogP contribution in [0.4, 0.5) is 0 Å². The fourth-order valence-electron chi connectivity index (χ4n) is 2.13. The topological polar surface area (TPSA) is 45.1 Å². The summed E-state index contributed by atoms with van der Waals surface area (Å²) in [5.74, 6) is 0. The molecule has 2 aromatic heterocycles. The van der Waals surface area contributed by atoms with E-state index in [-0.39, 0.29) is 23.9 Å². The summed E-state index contributed by atoms with van der Waals surface area (Å²) in [7, 11) is 0. The number of rotatable bonds is 6. The number of pyridine rings is 1. The number of thiophene rings is 1. The second-order valence-electron chi connectivity index (χ2n) is 4.71. The van der Waals surface area contributed by atoms with E-state index in [1.165, 1.54) is 10.3 Å². The molecule has 0 fully saturated rings. The average Bonchev–Trinajstić information content (AvgIpc) is 2.87. The summed E-state index contributed by atoms with van der Waals surface area (Å²) in [5.41, 5.74) is 2.26. The molecule has 0 aliphatic carbocycles. The quantitative estimate of drug-likeness (QED) is 0.860. The molecule has 3 atom stereocenters. The Morgan fingerprint density at radius 3 is 2.95 bits per heavy atom. The van der Waals surface area contributed by atoms with Crippen molar-refractivity contribution in [1.29, 1.82) is 0 Å². The molecular formula is C14H20N2OS2. The summed E-state index contributed by atoms with van der Waals surface area (Å²) in [4.78, 5) is 4.47. The van der Waals surface area contributed by atoms with E-state index in [2.05, 4.69) is 35.6 Å². The van der Waals surface area contributed by atoms with Crippen molar-refractivity contribution >= 4 is 33.3 Å².